The van der Waals surface area contributed by atoms with Gasteiger partial charge in [-0.15, -0.1) is 0 Å². The van der Waals surface area contributed by atoms with Crippen molar-refractivity contribution in [3.8, 4) is 0 Å². The molecular weight excluding hydrogens is 250 g/mol. The molecule has 20 heavy (non-hydrogen) atoms. The van der Waals surface area contributed by atoms with Crippen molar-refractivity contribution in [1.29, 1.82) is 0 Å². The molecule has 1 amide bonds. The van der Waals surface area contributed by atoms with Gasteiger partial charge in [-0.25, -0.2) is 0 Å². The minimum Gasteiger partial charge on any atom is -0.344 e. The monoisotopic (exact) mass is 279 g/mol. The first-order chi connectivity index (χ1) is 9.61. The van der Waals surface area contributed by atoms with Crippen LogP contribution in [-0.4, -0.2) is 54.5 Å². The first-order valence-corrected chi connectivity index (χ1v) is 8.36. The van der Waals surface area contributed by atoms with Crippen molar-refractivity contribution in [3.05, 3.63) is 0 Å². The Morgan fingerprint density at radius 2 is 2.05 bits per heavy atom. The minimum atomic E-state index is 0.107. The van der Waals surface area contributed by atoms with Crippen molar-refractivity contribution < 1.29 is 4.79 Å². The molecule has 3 aliphatic rings. The van der Waals surface area contributed by atoms with Gasteiger partial charge in [0.15, 0.2) is 0 Å². The number of nitrogens with zero attached hydrogens (tertiary/aromatic N) is 2. The molecule has 3 rings (SSSR count). The van der Waals surface area contributed by atoms with Gasteiger partial charge < -0.3 is 10.6 Å². The first-order valence-electron chi connectivity index (χ1n) is 8.36. The van der Waals surface area contributed by atoms with Crippen LogP contribution in [-0.2, 0) is 4.79 Å². The number of likely N-dealkylation sites (tertiary alicyclic amines) is 1. The molecule has 0 spiro atoms. The van der Waals surface area contributed by atoms with E-state index in [4.69, 9.17) is 5.73 Å². The summed E-state index contributed by atoms with van der Waals surface area (Å²) in [7, 11) is 1.98. The van der Waals surface area contributed by atoms with E-state index in [1.165, 1.54) is 38.6 Å². The second-order valence-corrected chi connectivity index (χ2v) is 7.08. The lowest BCUT2D eigenvalue weighted by atomic mass is 9.84. The molecule has 2 bridgehead atoms. The van der Waals surface area contributed by atoms with E-state index in [0.29, 0.717) is 23.8 Å². The third-order valence-corrected chi connectivity index (χ3v) is 6.03. The normalized spacial score (nSPS) is 40.5. The molecule has 0 aromatic heterocycles. The molecule has 1 aliphatic heterocycles. The van der Waals surface area contributed by atoms with Crippen LogP contribution in [0.1, 0.15) is 39.0 Å². The standard InChI is InChI=1S/C16H29N3O/c1-3-19-8-4-5-13(19)10-18(2)16(20)14-11-6-7-12(9-11)15(14)17/h11-15H,3-10,17H2,1-2H3. The number of likely N-dealkylation sites (N-methyl/N-ethyl adjacent to an activating group) is 2. The summed E-state index contributed by atoms with van der Waals surface area (Å²) in [4.78, 5) is 17.2. The minimum absolute atomic E-state index is 0.107. The zero-order valence-corrected chi connectivity index (χ0v) is 12.9. The Kier molecular flexibility index (Phi) is 4.04. The van der Waals surface area contributed by atoms with Gasteiger partial charge in [0, 0.05) is 25.7 Å². The van der Waals surface area contributed by atoms with E-state index in [1.807, 2.05) is 11.9 Å². The second kappa shape index (κ2) is 5.64. The number of carbonyl (C=O) groups is 1. The smallest absolute Gasteiger partial charge is 0.227 e. The van der Waals surface area contributed by atoms with E-state index in [0.717, 1.165) is 13.1 Å². The topological polar surface area (TPSA) is 49.6 Å². The molecule has 2 aliphatic carbocycles. The molecule has 3 fully saturated rings. The maximum atomic E-state index is 12.8. The number of fused-ring (bicyclic) bond motifs is 2. The molecule has 0 aromatic carbocycles. The molecule has 2 N–H and O–H groups in total. The van der Waals surface area contributed by atoms with Gasteiger partial charge in [0.05, 0.1) is 5.92 Å². The molecule has 1 heterocycles. The van der Waals surface area contributed by atoms with Gasteiger partial charge in [0.25, 0.3) is 0 Å². The molecule has 0 aromatic rings. The van der Waals surface area contributed by atoms with Crippen LogP contribution >= 0.6 is 0 Å². The number of hydrogen-bond donors (Lipinski definition) is 1. The average molecular weight is 279 g/mol. The Labute approximate surface area is 122 Å². The predicted molar refractivity (Wildman–Crippen MR) is 80.2 cm³/mol. The van der Waals surface area contributed by atoms with Gasteiger partial charge in [-0.2, -0.15) is 0 Å². The number of amides is 1. The Balaban J connectivity index is 1.59. The van der Waals surface area contributed by atoms with Crippen molar-refractivity contribution in [2.75, 3.05) is 26.7 Å². The molecule has 5 atom stereocenters. The second-order valence-electron chi connectivity index (χ2n) is 7.08. The molecule has 2 saturated carbocycles. The van der Waals surface area contributed by atoms with Gasteiger partial charge in [0.1, 0.15) is 0 Å². The highest BCUT2D eigenvalue weighted by Gasteiger charge is 2.49. The van der Waals surface area contributed by atoms with Crippen LogP contribution in [0.5, 0.6) is 0 Å². The van der Waals surface area contributed by atoms with Crippen molar-refractivity contribution in [1.82, 2.24) is 9.80 Å². The maximum Gasteiger partial charge on any atom is 0.227 e. The quantitative estimate of drug-likeness (QED) is 0.844. The zero-order valence-electron chi connectivity index (χ0n) is 12.9. The number of carbonyl (C=O) groups excluding carboxylic acids is 1. The number of nitrogens with two attached hydrogens (primary N) is 1. The van der Waals surface area contributed by atoms with E-state index >= 15 is 0 Å². The van der Waals surface area contributed by atoms with Crippen molar-refractivity contribution in [2.24, 2.45) is 23.5 Å². The lowest BCUT2D eigenvalue weighted by Gasteiger charge is -2.33. The van der Waals surface area contributed by atoms with Gasteiger partial charge in [-0.05, 0) is 57.0 Å². The van der Waals surface area contributed by atoms with Gasteiger partial charge >= 0.3 is 0 Å². The van der Waals surface area contributed by atoms with E-state index in [-0.39, 0.29) is 12.0 Å². The highest BCUT2D eigenvalue weighted by Crippen LogP contribution is 2.48. The lowest BCUT2D eigenvalue weighted by molar-refractivity contribution is -0.137. The summed E-state index contributed by atoms with van der Waals surface area (Å²) in [5.74, 6) is 1.60. The third kappa shape index (κ3) is 2.37. The summed E-state index contributed by atoms with van der Waals surface area (Å²) in [5, 5.41) is 0. The fourth-order valence-electron chi connectivity index (χ4n) is 4.88. The summed E-state index contributed by atoms with van der Waals surface area (Å²) in [6, 6.07) is 0.679. The van der Waals surface area contributed by atoms with Crippen molar-refractivity contribution in [2.45, 2.75) is 51.1 Å². The SMILES string of the molecule is CCN1CCCC1CN(C)C(=O)C1C2CCC(C2)C1N. The van der Waals surface area contributed by atoms with Gasteiger partial charge in [0.2, 0.25) is 5.91 Å². The molecule has 114 valence electrons. The van der Waals surface area contributed by atoms with Crippen LogP contribution in [0.2, 0.25) is 0 Å². The first kappa shape index (κ1) is 14.3. The highest BCUT2D eigenvalue weighted by molar-refractivity contribution is 5.80. The zero-order chi connectivity index (χ0) is 14.3. The summed E-state index contributed by atoms with van der Waals surface area (Å²) < 4.78 is 0. The van der Waals surface area contributed by atoms with Crippen LogP contribution < -0.4 is 5.73 Å². The van der Waals surface area contributed by atoms with E-state index < -0.39 is 0 Å². The van der Waals surface area contributed by atoms with Crippen LogP contribution in [0.3, 0.4) is 0 Å². The summed E-state index contributed by atoms with van der Waals surface area (Å²) in [6.45, 7) is 5.39. The van der Waals surface area contributed by atoms with E-state index in [2.05, 4.69) is 11.8 Å². The molecule has 1 saturated heterocycles. The summed E-state index contributed by atoms with van der Waals surface area (Å²) in [5.41, 5.74) is 6.31. The fourth-order valence-corrected chi connectivity index (χ4v) is 4.88. The molecule has 4 heteroatoms. The van der Waals surface area contributed by atoms with Crippen LogP contribution in [0.15, 0.2) is 0 Å². The molecular formula is C16H29N3O. The molecule has 5 unspecified atom stereocenters. The van der Waals surface area contributed by atoms with E-state index in [1.54, 1.807) is 0 Å². The van der Waals surface area contributed by atoms with E-state index in [9.17, 15) is 4.79 Å². The van der Waals surface area contributed by atoms with Crippen LogP contribution in [0, 0.1) is 17.8 Å². The van der Waals surface area contributed by atoms with Gasteiger partial charge in [-0.3, -0.25) is 9.69 Å². The van der Waals surface area contributed by atoms with Crippen molar-refractivity contribution >= 4 is 5.91 Å². The molecule has 4 nitrogen and oxygen atoms in total. The number of rotatable bonds is 4. The largest absolute Gasteiger partial charge is 0.344 e. The number of hydrogen-bond acceptors (Lipinski definition) is 3. The van der Waals surface area contributed by atoms with Gasteiger partial charge in [-0.1, -0.05) is 6.92 Å². The van der Waals surface area contributed by atoms with Crippen LogP contribution in [0.25, 0.3) is 0 Å². The molecule has 0 radical (unpaired) electrons. The summed E-state index contributed by atoms with van der Waals surface area (Å²) in [6.07, 6.45) is 6.15. The average Bonchev–Trinajstić information content (AvgIpc) is 3.13. The lowest BCUT2D eigenvalue weighted by Crippen LogP contribution is -2.49. The Morgan fingerprint density at radius 3 is 2.70 bits per heavy atom. The predicted octanol–water partition coefficient (Wildman–Crippen LogP) is 1.30. The highest BCUT2D eigenvalue weighted by atomic mass is 16.2. The third-order valence-electron chi connectivity index (χ3n) is 6.03. The van der Waals surface area contributed by atoms with Crippen LogP contribution in [0.4, 0.5) is 0 Å². The Morgan fingerprint density at radius 1 is 1.30 bits per heavy atom. The maximum absolute atomic E-state index is 12.8. The Bertz CT molecular complexity index is 371. The fraction of sp³-hybridized carbons (Fsp3) is 0.938. The summed E-state index contributed by atoms with van der Waals surface area (Å²) >= 11 is 0. The van der Waals surface area contributed by atoms with Crippen molar-refractivity contribution in [3.63, 3.8) is 0 Å². The Hall–Kier alpha value is -0.610.